The Hall–Kier alpha value is -6.06. The van der Waals surface area contributed by atoms with Crippen molar-refractivity contribution in [3.8, 4) is 11.1 Å². The smallest absolute Gasteiger partial charge is 0.138 e. The van der Waals surface area contributed by atoms with E-state index in [-0.39, 0.29) is 5.41 Å². The van der Waals surface area contributed by atoms with E-state index in [0.29, 0.717) is 0 Å². The molecule has 1 aliphatic carbocycles. The molecule has 0 spiro atoms. The van der Waals surface area contributed by atoms with Crippen LogP contribution in [0.3, 0.4) is 0 Å². The number of aromatic nitrogens is 2. The van der Waals surface area contributed by atoms with Gasteiger partial charge in [0.1, 0.15) is 11.6 Å². The number of anilines is 3. The fraction of sp³-hybridized carbons (Fsp3) is 0.0870. The Morgan fingerprint density at radius 3 is 2.00 bits per heavy atom. The van der Waals surface area contributed by atoms with Crippen LogP contribution in [-0.2, 0) is 5.41 Å². The predicted octanol–water partition coefficient (Wildman–Crippen LogP) is 12.1. The second-order valence-electron chi connectivity index (χ2n) is 13.3. The van der Waals surface area contributed by atoms with Gasteiger partial charge in [0.2, 0.25) is 0 Å². The van der Waals surface area contributed by atoms with Gasteiger partial charge in [0, 0.05) is 23.5 Å². The van der Waals surface area contributed by atoms with E-state index in [9.17, 15) is 0 Å². The van der Waals surface area contributed by atoms with Gasteiger partial charge in [0.25, 0.3) is 0 Å². The van der Waals surface area contributed by atoms with Crippen molar-refractivity contribution in [3.63, 3.8) is 0 Å². The van der Waals surface area contributed by atoms with Crippen molar-refractivity contribution >= 4 is 52.4 Å². The van der Waals surface area contributed by atoms with Crippen LogP contribution >= 0.6 is 0 Å². The van der Waals surface area contributed by atoms with Crippen LogP contribution in [0, 0.1) is 6.92 Å². The lowest BCUT2D eigenvalue weighted by Crippen LogP contribution is -2.20. The van der Waals surface area contributed by atoms with E-state index < -0.39 is 0 Å². The van der Waals surface area contributed by atoms with Gasteiger partial charge in [-0.2, -0.15) is 0 Å². The van der Waals surface area contributed by atoms with Crippen molar-refractivity contribution in [3.05, 3.63) is 185 Å². The Balaban J connectivity index is 1.05. The van der Waals surface area contributed by atoms with Crippen molar-refractivity contribution in [1.29, 1.82) is 0 Å². The number of pyridine rings is 2. The van der Waals surface area contributed by atoms with Crippen LogP contribution in [0.5, 0.6) is 0 Å². The number of benzene rings is 5. The topological polar surface area (TPSA) is 29.0 Å². The molecule has 0 aliphatic heterocycles. The fourth-order valence-electron chi connectivity index (χ4n) is 6.93. The summed E-state index contributed by atoms with van der Waals surface area (Å²) in [6.45, 7) is 6.94. The van der Waals surface area contributed by atoms with Gasteiger partial charge in [0.05, 0.1) is 0 Å². The molecular weight excluding hydrogens is 595 g/mol. The third-order valence-corrected chi connectivity index (χ3v) is 9.76. The zero-order valence-electron chi connectivity index (χ0n) is 28.0. The standard InChI is InChI=1S/C46H37N3/c1-32-37-21-17-34-9-8-10-41(28-34)46(2,3)43(32)31-40(29-37)36-19-15-33(16-20-36)13-14-35-18-22-39-30-42(24-23-38(39)27-35)49(44-11-4-6-25-47-44)45-12-5-7-26-48-45/h4-31H,1-3H3/b14-13+,21-17?. The van der Waals surface area contributed by atoms with Gasteiger partial charge < -0.3 is 0 Å². The zero-order valence-corrected chi connectivity index (χ0v) is 28.0. The molecule has 0 radical (unpaired) electrons. The second-order valence-corrected chi connectivity index (χ2v) is 13.3. The third kappa shape index (κ3) is 5.96. The van der Waals surface area contributed by atoms with Crippen LogP contribution in [0.2, 0.25) is 0 Å². The lowest BCUT2D eigenvalue weighted by Gasteiger charge is -2.29. The number of nitrogens with zero attached hydrogens (tertiary/aromatic N) is 3. The summed E-state index contributed by atoms with van der Waals surface area (Å²) in [5, 5.41) is 2.34. The first-order valence-corrected chi connectivity index (χ1v) is 16.8. The van der Waals surface area contributed by atoms with Crippen molar-refractivity contribution in [1.82, 2.24) is 9.97 Å². The number of fused-ring (bicyclic) bond motifs is 5. The summed E-state index contributed by atoms with van der Waals surface area (Å²) in [4.78, 5) is 11.3. The molecule has 7 aromatic rings. The normalized spacial score (nSPS) is 13.2. The van der Waals surface area contributed by atoms with Crippen molar-refractivity contribution < 1.29 is 0 Å². The largest absolute Gasteiger partial charge is 0.279 e. The molecule has 8 rings (SSSR count). The highest BCUT2D eigenvalue weighted by molar-refractivity contribution is 5.90. The Bertz CT molecular complexity index is 2310. The molecule has 0 saturated carbocycles. The van der Waals surface area contributed by atoms with Gasteiger partial charge in [-0.1, -0.05) is 117 Å². The highest BCUT2D eigenvalue weighted by Gasteiger charge is 2.27. The first-order chi connectivity index (χ1) is 23.9. The number of hydrogen-bond acceptors (Lipinski definition) is 3. The summed E-state index contributed by atoms with van der Waals surface area (Å²) in [6.07, 6.45) is 12.5. The molecule has 1 aliphatic rings. The maximum atomic E-state index is 4.61. The van der Waals surface area contributed by atoms with Crippen LogP contribution in [0.4, 0.5) is 17.3 Å². The summed E-state index contributed by atoms with van der Waals surface area (Å²) in [5.74, 6) is 1.66. The van der Waals surface area contributed by atoms with E-state index in [4.69, 9.17) is 0 Å². The van der Waals surface area contributed by atoms with E-state index >= 15 is 0 Å². The lowest BCUT2D eigenvalue weighted by molar-refractivity contribution is 0.636. The highest BCUT2D eigenvalue weighted by Crippen LogP contribution is 2.40. The first-order valence-electron chi connectivity index (χ1n) is 16.8. The van der Waals surface area contributed by atoms with Gasteiger partial charge in [0.15, 0.2) is 0 Å². The minimum Gasteiger partial charge on any atom is -0.279 e. The van der Waals surface area contributed by atoms with Crippen molar-refractivity contribution in [2.75, 3.05) is 4.90 Å². The molecular formula is C46H37N3. The molecule has 0 atom stereocenters. The van der Waals surface area contributed by atoms with E-state index in [1.165, 1.54) is 49.9 Å². The number of rotatable bonds is 6. The Kier molecular flexibility index (Phi) is 7.74. The Morgan fingerprint density at radius 1 is 0.571 bits per heavy atom. The summed E-state index contributed by atoms with van der Waals surface area (Å²) in [7, 11) is 0. The summed E-state index contributed by atoms with van der Waals surface area (Å²) >= 11 is 0. The van der Waals surface area contributed by atoms with Crippen LogP contribution in [-0.4, -0.2) is 9.97 Å². The van der Waals surface area contributed by atoms with E-state index in [2.05, 4.69) is 157 Å². The summed E-state index contributed by atoms with van der Waals surface area (Å²) in [6, 6.07) is 47.5. The zero-order chi connectivity index (χ0) is 33.4. The molecule has 0 unspecified atom stereocenters. The molecule has 0 amide bonds. The Labute approximate surface area is 288 Å². The average molecular weight is 632 g/mol. The monoisotopic (exact) mass is 631 g/mol. The third-order valence-electron chi connectivity index (χ3n) is 9.76. The molecule has 5 aromatic carbocycles. The minimum absolute atomic E-state index is 0.0986. The lowest BCUT2D eigenvalue weighted by atomic mass is 9.74. The van der Waals surface area contributed by atoms with Gasteiger partial charge >= 0.3 is 0 Å². The quantitative estimate of drug-likeness (QED) is 0.171. The van der Waals surface area contributed by atoms with E-state index in [1.54, 1.807) is 0 Å². The highest BCUT2D eigenvalue weighted by atomic mass is 15.2. The van der Waals surface area contributed by atoms with Gasteiger partial charge in [-0.25, -0.2) is 9.97 Å². The van der Waals surface area contributed by atoms with Crippen LogP contribution in [0.25, 0.3) is 46.2 Å². The maximum Gasteiger partial charge on any atom is 0.138 e. The van der Waals surface area contributed by atoms with Crippen LogP contribution in [0.15, 0.2) is 146 Å². The van der Waals surface area contributed by atoms with Gasteiger partial charge in [-0.15, -0.1) is 0 Å². The molecule has 0 saturated heterocycles. The van der Waals surface area contributed by atoms with Crippen molar-refractivity contribution in [2.24, 2.45) is 0 Å². The van der Waals surface area contributed by atoms with E-state index in [1.807, 2.05) is 48.8 Å². The molecule has 0 N–H and O–H groups in total. The summed E-state index contributed by atoms with van der Waals surface area (Å²) < 4.78 is 0. The Morgan fingerprint density at radius 2 is 1.27 bits per heavy atom. The SMILES string of the molecule is Cc1c2cc(-c3ccc(/C=C/c4ccc5cc(N(c6ccccn6)c6ccccn6)ccc5c4)cc3)cc1C(C)(C)c1cccc(c1)C=C2. The number of hydrogen-bond donors (Lipinski definition) is 0. The van der Waals surface area contributed by atoms with E-state index in [0.717, 1.165) is 28.3 Å². The van der Waals surface area contributed by atoms with Crippen molar-refractivity contribution in [2.45, 2.75) is 26.2 Å². The van der Waals surface area contributed by atoms with Crippen LogP contribution in [0.1, 0.15) is 52.8 Å². The molecule has 2 aromatic heterocycles. The molecule has 0 fully saturated rings. The molecule has 49 heavy (non-hydrogen) atoms. The second kappa shape index (κ2) is 12.5. The molecule has 2 heterocycles. The van der Waals surface area contributed by atoms with Gasteiger partial charge in [-0.05, 0) is 122 Å². The molecule has 3 heteroatoms. The summed E-state index contributed by atoms with van der Waals surface area (Å²) in [5.41, 5.74) is 12.3. The minimum atomic E-state index is -0.0986. The average Bonchev–Trinajstić information content (AvgIpc) is 3.15. The molecule has 3 nitrogen and oxygen atoms in total. The fourth-order valence-corrected chi connectivity index (χ4v) is 6.93. The van der Waals surface area contributed by atoms with Crippen LogP contribution < -0.4 is 4.90 Å². The molecule has 4 bridgehead atoms. The van der Waals surface area contributed by atoms with Gasteiger partial charge in [-0.3, -0.25) is 4.90 Å². The molecule has 236 valence electrons. The first kappa shape index (κ1) is 30.3. The predicted molar refractivity (Wildman–Crippen MR) is 207 cm³/mol. The maximum absolute atomic E-state index is 4.61.